The van der Waals surface area contributed by atoms with Gasteiger partial charge in [-0.15, -0.1) is 0 Å². The molecule has 0 aliphatic rings. The van der Waals surface area contributed by atoms with Crippen LogP contribution in [0.15, 0.2) is 14.4 Å². The van der Waals surface area contributed by atoms with E-state index in [9.17, 15) is 19.6 Å². The van der Waals surface area contributed by atoms with Gasteiger partial charge in [-0.05, 0) is 0 Å². The minimum Gasteiger partial charge on any atom is -0.468 e. The number of aromatic amines is 1. The smallest absolute Gasteiger partial charge is 0.332 e. The van der Waals surface area contributed by atoms with Crippen LogP contribution in [0.2, 0.25) is 0 Å². The Morgan fingerprint density at radius 1 is 1.13 bits per heavy atom. The lowest BCUT2D eigenvalue weighted by Crippen LogP contribution is -2.37. The summed E-state index contributed by atoms with van der Waals surface area (Å²) < 4.78 is 6.83. The summed E-state index contributed by atoms with van der Waals surface area (Å²) in [4.78, 5) is 47.0. The molecule has 120 valence electrons. The van der Waals surface area contributed by atoms with Crippen LogP contribution in [-0.4, -0.2) is 36.4 Å². The van der Waals surface area contributed by atoms with E-state index in [0.717, 1.165) is 9.13 Å². The fourth-order valence-electron chi connectivity index (χ4n) is 2.36. The quantitative estimate of drug-likeness (QED) is 0.389. The highest BCUT2D eigenvalue weighted by atomic mass is 16.5. The summed E-state index contributed by atoms with van der Waals surface area (Å²) >= 11 is 0. The molecule has 3 aromatic rings. The van der Waals surface area contributed by atoms with Gasteiger partial charge < -0.3 is 4.74 Å². The van der Waals surface area contributed by atoms with E-state index >= 15 is 0 Å². The molecule has 0 fully saturated rings. The molecule has 3 N–H and O–H groups in total. The number of fused-ring (bicyclic) bond motifs is 2. The van der Waals surface area contributed by atoms with Crippen LogP contribution in [0.1, 0.15) is 0 Å². The summed E-state index contributed by atoms with van der Waals surface area (Å²) in [6.07, 6.45) is 0. The molecule has 23 heavy (non-hydrogen) atoms. The molecule has 0 bridgehead atoms. The monoisotopic (exact) mass is 320 g/mol. The molecule has 0 aliphatic heterocycles. The normalized spacial score (nSPS) is 11.1. The number of nitrogens with one attached hydrogen (secondary N) is 2. The van der Waals surface area contributed by atoms with E-state index < -0.39 is 16.8 Å². The van der Waals surface area contributed by atoms with Crippen molar-refractivity contribution in [3.8, 4) is 6.01 Å². The number of rotatable bonds is 2. The second kappa shape index (κ2) is 4.91. The Morgan fingerprint density at radius 2 is 1.83 bits per heavy atom. The number of methoxy groups -OCH3 is 1. The van der Waals surface area contributed by atoms with Crippen molar-refractivity contribution >= 4 is 27.8 Å². The van der Waals surface area contributed by atoms with Crippen molar-refractivity contribution in [3.05, 3.63) is 31.2 Å². The van der Waals surface area contributed by atoms with E-state index in [1.807, 2.05) is 5.48 Å². The number of pyridine rings is 1. The molecule has 0 aromatic carbocycles. The summed E-state index contributed by atoms with van der Waals surface area (Å²) in [5.74, 6) is 0. The third-order valence-corrected chi connectivity index (χ3v) is 3.53. The number of hydrogen-bond acceptors (Lipinski definition) is 8. The van der Waals surface area contributed by atoms with Gasteiger partial charge in [-0.2, -0.15) is 4.98 Å². The van der Waals surface area contributed by atoms with Crippen LogP contribution in [0, 0.1) is 0 Å². The minimum atomic E-state index is -0.704. The summed E-state index contributed by atoms with van der Waals surface area (Å²) in [7, 11) is 4.00. The van der Waals surface area contributed by atoms with Gasteiger partial charge in [0.1, 0.15) is 10.8 Å². The highest BCUT2D eigenvalue weighted by molar-refractivity contribution is 6.04. The summed E-state index contributed by atoms with van der Waals surface area (Å²) in [5, 5.41) is 9.20. The third-order valence-electron chi connectivity index (χ3n) is 3.53. The molecule has 0 amide bonds. The van der Waals surface area contributed by atoms with E-state index in [0.29, 0.717) is 0 Å². The molecule has 3 aromatic heterocycles. The van der Waals surface area contributed by atoms with Crippen molar-refractivity contribution < 1.29 is 9.94 Å². The van der Waals surface area contributed by atoms with Gasteiger partial charge in [-0.25, -0.2) is 9.78 Å². The highest BCUT2D eigenvalue weighted by Gasteiger charge is 2.20. The Bertz CT molecular complexity index is 1130. The van der Waals surface area contributed by atoms with E-state index in [1.54, 1.807) is 0 Å². The first-order valence-corrected chi connectivity index (χ1v) is 6.38. The van der Waals surface area contributed by atoms with Gasteiger partial charge in [0.2, 0.25) is 0 Å². The molecule has 0 saturated carbocycles. The van der Waals surface area contributed by atoms with Crippen molar-refractivity contribution in [1.29, 1.82) is 0 Å². The van der Waals surface area contributed by atoms with E-state index in [1.165, 1.54) is 21.2 Å². The summed E-state index contributed by atoms with van der Waals surface area (Å²) in [6, 6.07) is -0.0907. The molecule has 0 saturated heterocycles. The molecule has 11 nitrogen and oxygen atoms in total. The Kier molecular flexibility index (Phi) is 3.14. The molecular weight excluding hydrogens is 308 g/mol. The van der Waals surface area contributed by atoms with Gasteiger partial charge in [-0.1, -0.05) is 0 Å². The Balaban J connectivity index is 2.73. The number of H-pyrrole nitrogens is 1. The predicted octanol–water partition coefficient (Wildman–Crippen LogP) is -1.32. The minimum absolute atomic E-state index is 0.0256. The van der Waals surface area contributed by atoms with Crippen LogP contribution in [-0.2, 0) is 14.1 Å². The average molecular weight is 320 g/mol. The van der Waals surface area contributed by atoms with Crippen LogP contribution in [0.4, 0.5) is 5.69 Å². The second-order valence-electron chi connectivity index (χ2n) is 4.78. The van der Waals surface area contributed by atoms with Gasteiger partial charge in [0.25, 0.3) is 17.1 Å². The van der Waals surface area contributed by atoms with Crippen LogP contribution >= 0.6 is 0 Å². The first kappa shape index (κ1) is 14.7. The number of nitrogens with zero attached hydrogens (tertiary/aromatic N) is 4. The largest absolute Gasteiger partial charge is 0.468 e. The molecule has 0 radical (unpaired) electrons. The zero-order valence-corrected chi connectivity index (χ0v) is 12.4. The maximum Gasteiger partial charge on any atom is 0.332 e. The predicted molar refractivity (Wildman–Crippen MR) is 80.1 cm³/mol. The summed E-state index contributed by atoms with van der Waals surface area (Å²) in [5.41, 5.74) is -0.422. The highest BCUT2D eigenvalue weighted by Crippen LogP contribution is 2.24. The van der Waals surface area contributed by atoms with Gasteiger partial charge >= 0.3 is 5.69 Å². The zero-order chi connectivity index (χ0) is 16.9. The standard InChI is InChI=1S/C12H12N6O5/c1-17-8-5(10(20)18(2)12(17)21)6(16-22)4-7(13-8)14-11(23-3)15-9(4)19/h22H,1-3H3,(H2,13,14,15,16,19). The number of aromatic nitrogens is 5. The zero-order valence-electron chi connectivity index (χ0n) is 12.4. The summed E-state index contributed by atoms with van der Waals surface area (Å²) in [6.45, 7) is 0. The number of anilines is 1. The fourth-order valence-corrected chi connectivity index (χ4v) is 2.36. The Hall–Kier alpha value is -3.21. The average Bonchev–Trinajstić information content (AvgIpc) is 2.55. The molecular formula is C12H12N6O5. The fraction of sp³-hybridized carbons (Fsp3) is 0.250. The molecule has 0 aliphatic carbocycles. The maximum atomic E-state index is 12.4. The van der Waals surface area contributed by atoms with Crippen molar-refractivity contribution in [2.75, 3.05) is 12.6 Å². The van der Waals surface area contributed by atoms with Crippen molar-refractivity contribution in [2.24, 2.45) is 14.1 Å². The van der Waals surface area contributed by atoms with E-state index in [2.05, 4.69) is 15.0 Å². The Morgan fingerprint density at radius 3 is 2.43 bits per heavy atom. The van der Waals surface area contributed by atoms with Gasteiger partial charge in [0.15, 0.2) is 11.3 Å². The molecule has 11 heteroatoms. The molecule has 0 unspecified atom stereocenters. The van der Waals surface area contributed by atoms with E-state index in [-0.39, 0.29) is 33.8 Å². The number of hydrogen-bond donors (Lipinski definition) is 3. The van der Waals surface area contributed by atoms with Gasteiger partial charge in [-0.3, -0.25) is 34.4 Å². The lowest BCUT2D eigenvalue weighted by Gasteiger charge is -2.11. The first-order valence-electron chi connectivity index (χ1n) is 6.38. The molecule has 0 spiro atoms. The number of ether oxygens (including phenoxy) is 1. The van der Waals surface area contributed by atoms with Crippen LogP contribution in [0.25, 0.3) is 22.1 Å². The lowest BCUT2D eigenvalue weighted by atomic mass is 10.2. The number of aryl methyl sites for hydroxylation is 1. The maximum absolute atomic E-state index is 12.4. The molecule has 3 rings (SSSR count). The first-order chi connectivity index (χ1) is 10.9. The van der Waals surface area contributed by atoms with Crippen LogP contribution in [0.3, 0.4) is 0 Å². The third kappa shape index (κ3) is 1.90. The van der Waals surface area contributed by atoms with Crippen molar-refractivity contribution in [3.63, 3.8) is 0 Å². The van der Waals surface area contributed by atoms with Crippen LogP contribution in [0.5, 0.6) is 6.01 Å². The molecule has 3 heterocycles. The molecule has 0 atom stereocenters. The topological polar surface area (TPSA) is 144 Å². The Labute approximate surface area is 126 Å². The van der Waals surface area contributed by atoms with Crippen LogP contribution < -0.4 is 27.0 Å². The van der Waals surface area contributed by atoms with E-state index in [4.69, 9.17) is 4.74 Å². The lowest BCUT2D eigenvalue weighted by molar-refractivity contribution is 0.379. The van der Waals surface area contributed by atoms with Crippen molar-refractivity contribution in [1.82, 2.24) is 24.1 Å². The second-order valence-corrected chi connectivity index (χ2v) is 4.78. The van der Waals surface area contributed by atoms with Crippen molar-refractivity contribution in [2.45, 2.75) is 0 Å². The SMILES string of the molecule is COc1nc2nc3c(c(NO)c2c(=O)[nH]1)c(=O)n(C)c(=O)n3C. The van der Waals surface area contributed by atoms with Gasteiger partial charge in [0, 0.05) is 14.1 Å². The van der Waals surface area contributed by atoms with Gasteiger partial charge in [0.05, 0.1) is 12.8 Å².